The molecule has 22 heavy (non-hydrogen) atoms. The second-order valence-electron chi connectivity index (χ2n) is 5.19. The number of carbonyl (C=O) groups is 1. The number of ether oxygens (including phenoxy) is 1. The molecule has 0 bridgehead atoms. The fourth-order valence-electron chi connectivity index (χ4n) is 2.52. The maximum atomic E-state index is 12.5. The van der Waals surface area contributed by atoms with Crippen LogP contribution in [0.25, 0.3) is 0 Å². The Labute approximate surface area is 128 Å². The second kappa shape index (κ2) is 5.90. The first-order valence-corrected chi connectivity index (χ1v) is 7.14. The van der Waals surface area contributed by atoms with Crippen molar-refractivity contribution in [2.24, 2.45) is 0 Å². The van der Waals surface area contributed by atoms with Gasteiger partial charge in [-0.15, -0.1) is 0 Å². The summed E-state index contributed by atoms with van der Waals surface area (Å²) in [6.07, 6.45) is -0.549. The lowest BCUT2D eigenvalue weighted by Gasteiger charge is -2.29. The van der Waals surface area contributed by atoms with E-state index in [1.807, 2.05) is 36.4 Å². The summed E-state index contributed by atoms with van der Waals surface area (Å²) in [4.78, 5) is 14.2. The highest BCUT2D eigenvalue weighted by Crippen LogP contribution is 2.17. The molecule has 6 nitrogen and oxygen atoms in total. The lowest BCUT2D eigenvalue weighted by Crippen LogP contribution is -2.44. The summed E-state index contributed by atoms with van der Waals surface area (Å²) in [5, 5.41) is 13.0. The van der Waals surface area contributed by atoms with E-state index in [0.717, 1.165) is 5.69 Å². The van der Waals surface area contributed by atoms with Gasteiger partial charge in [-0.1, -0.05) is 18.2 Å². The van der Waals surface area contributed by atoms with Crippen molar-refractivity contribution >= 4 is 5.91 Å². The Morgan fingerprint density at radius 3 is 2.86 bits per heavy atom. The summed E-state index contributed by atoms with van der Waals surface area (Å²) in [6, 6.07) is 13.0. The third-order valence-corrected chi connectivity index (χ3v) is 3.63. The van der Waals surface area contributed by atoms with Crippen LogP contribution in [0.1, 0.15) is 18.3 Å². The van der Waals surface area contributed by atoms with Crippen LogP contribution in [-0.4, -0.2) is 33.2 Å². The molecule has 2 heterocycles. The van der Waals surface area contributed by atoms with Gasteiger partial charge in [0.15, 0.2) is 11.8 Å². The number of fused-ring (bicyclic) bond motifs is 1. The number of rotatable bonds is 3. The van der Waals surface area contributed by atoms with Gasteiger partial charge in [-0.3, -0.25) is 9.48 Å². The average molecular weight is 296 g/mol. The van der Waals surface area contributed by atoms with Gasteiger partial charge in [0, 0.05) is 6.54 Å². The van der Waals surface area contributed by atoms with Crippen LogP contribution >= 0.6 is 0 Å². The Bertz CT molecular complexity index is 717. The molecule has 3 rings (SSSR count). The Morgan fingerprint density at radius 2 is 2.14 bits per heavy atom. The first-order chi connectivity index (χ1) is 10.7. The molecule has 1 aromatic carbocycles. The predicted octanol–water partition coefficient (Wildman–Crippen LogP) is 1.56. The van der Waals surface area contributed by atoms with Crippen molar-refractivity contribution in [3.63, 3.8) is 0 Å². The van der Waals surface area contributed by atoms with E-state index in [1.165, 1.54) is 0 Å². The minimum absolute atomic E-state index is 0.0604. The van der Waals surface area contributed by atoms with Crippen molar-refractivity contribution in [3.8, 4) is 11.8 Å². The third kappa shape index (κ3) is 2.79. The van der Waals surface area contributed by atoms with Gasteiger partial charge in [0.1, 0.15) is 11.8 Å². The van der Waals surface area contributed by atoms with Crippen LogP contribution in [0, 0.1) is 11.3 Å². The van der Waals surface area contributed by atoms with Gasteiger partial charge in [0.25, 0.3) is 5.91 Å². The fraction of sp³-hybridized carbons (Fsp3) is 0.312. The molecule has 0 N–H and O–H groups in total. The minimum Gasteiger partial charge on any atom is -0.481 e. The van der Waals surface area contributed by atoms with Gasteiger partial charge in [0.2, 0.25) is 0 Å². The molecular formula is C16H16N4O2. The van der Waals surface area contributed by atoms with Crippen LogP contribution in [0.2, 0.25) is 0 Å². The maximum absolute atomic E-state index is 12.5. The van der Waals surface area contributed by atoms with Crippen molar-refractivity contribution < 1.29 is 9.53 Å². The number of nitrogens with zero attached hydrogens (tertiary/aromatic N) is 4. The topological polar surface area (TPSA) is 71.2 Å². The van der Waals surface area contributed by atoms with Crippen LogP contribution in [-0.2, 0) is 17.9 Å². The average Bonchev–Trinajstić information content (AvgIpc) is 2.97. The molecule has 1 aromatic heterocycles. The standard InChI is InChI=1S/C16H16N4O2/c1-12(22-15-5-3-2-4-6-15)16(21)19-7-8-20-14(11-19)9-13(10-17)18-20/h2-6,9,12H,7-8,11H2,1H3/t12-/m0/s1. The molecule has 0 spiro atoms. The smallest absolute Gasteiger partial charge is 0.263 e. The zero-order chi connectivity index (χ0) is 15.5. The first kappa shape index (κ1) is 14.1. The maximum Gasteiger partial charge on any atom is 0.263 e. The monoisotopic (exact) mass is 296 g/mol. The summed E-state index contributed by atoms with van der Waals surface area (Å²) in [7, 11) is 0. The number of hydrogen-bond donors (Lipinski definition) is 0. The second-order valence-corrected chi connectivity index (χ2v) is 5.19. The molecule has 1 amide bonds. The molecular weight excluding hydrogens is 280 g/mol. The highest BCUT2D eigenvalue weighted by molar-refractivity contribution is 5.81. The number of benzene rings is 1. The Kier molecular flexibility index (Phi) is 3.79. The van der Waals surface area contributed by atoms with Crippen LogP contribution in [0.5, 0.6) is 5.75 Å². The van der Waals surface area contributed by atoms with E-state index < -0.39 is 6.10 Å². The molecule has 0 fully saturated rings. The molecule has 1 aliphatic heterocycles. The molecule has 0 unspecified atom stereocenters. The lowest BCUT2D eigenvalue weighted by atomic mass is 10.2. The normalized spacial score (nSPS) is 14.8. The zero-order valence-electron chi connectivity index (χ0n) is 12.3. The zero-order valence-corrected chi connectivity index (χ0v) is 12.3. The quantitative estimate of drug-likeness (QED) is 0.862. The van der Waals surface area contributed by atoms with Gasteiger partial charge in [-0.25, -0.2) is 0 Å². The summed E-state index contributed by atoms with van der Waals surface area (Å²) in [6.45, 7) is 3.37. The molecule has 112 valence electrons. The SMILES string of the molecule is C[C@H](Oc1ccccc1)C(=O)N1CCn2nc(C#N)cc2C1. The lowest BCUT2D eigenvalue weighted by molar-refractivity contribution is -0.139. The van der Waals surface area contributed by atoms with Crippen molar-refractivity contribution in [2.45, 2.75) is 26.1 Å². The van der Waals surface area contributed by atoms with Gasteiger partial charge >= 0.3 is 0 Å². The van der Waals surface area contributed by atoms with Crippen molar-refractivity contribution in [1.82, 2.24) is 14.7 Å². The van der Waals surface area contributed by atoms with E-state index in [4.69, 9.17) is 10.00 Å². The Balaban J connectivity index is 1.67. The molecule has 2 aromatic rings. The van der Waals surface area contributed by atoms with Gasteiger partial charge < -0.3 is 9.64 Å². The van der Waals surface area contributed by atoms with Gasteiger partial charge in [0.05, 0.1) is 18.8 Å². The fourth-order valence-corrected chi connectivity index (χ4v) is 2.52. The largest absolute Gasteiger partial charge is 0.481 e. The Hall–Kier alpha value is -2.81. The van der Waals surface area contributed by atoms with E-state index in [9.17, 15) is 4.79 Å². The minimum atomic E-state index is -0.549. The van der Waals surface area contributed by atoms with Crippen LogP contribution in [0.3, 0.4) is 0 Å². The number of nitriles is 1. The summed E-state index contributed by atoms with van der Waals surface area (Å²) >= 11 is 0. The van der Waals surface area contributed by atoms with Crippen molar-refractivity contribution in [3.05, 3.63) is 47.8 Å². The number of hydrogen-bond acceptors (Lipinski definition) is 4. The molecule has 0 aliphatic carbocycles. The highest BCUT2D eigenvalue weighted by atomic mass is 16.5. The Morgan fingerprint density at radius 1 is 1.36 bits per heavy atom. The van der Waals surface area contributed by atoms with E-state index in [2.05, 4.69) is 5.10 Å². The number of aromatic nitrogens is 2. The molecule has 0 saturated carbocycles. The summed E-state index contributed by atoms with van der Waals surface area (Å²) in [5.41, 5.74) is 1.26. The highest BCUT2D eigenvalue weighted by Gasteiger charge is 2.26. The summed E-state index contributed by atoms with van der Waals surface area (Å²) < 4.78 is 7.46. The van der Waals surface area contributed by atoms with E-state index >= 15 is 0 Å². The van der Waals surface area contributed by atoms with Crippen LogP contribution < -0.4 is 4.74 Å². The van der Waals surface area contributed by atoms with Crippen LogP contribution in [0.15, 0.2) is 36.4 Å². The molecule has 0 radical (unpaired) electrons. The van der Waals surface area contributed by atoms with E-state index in [0.29, 0.717) is 31.1 Å². The van der Waals surface area contributed by atoms with Crippen molar-refractivity contribution in [2.75, 3.05) is 6.54 Å². The molecule has 0 saturated heterocycles. The number of amides is 1. The van der Waals surface area contributed by atoms with Gasteiger partial charge in [-0.2, -0.15) is 10.4 Å². The summed E-state index contributed by atoms with van der Waals surface area (Å²) in [5.74, 6) is 0.618. The number of carbonyl (C=O) groups excluding carboxylic acids is 1. The van der Waals surface area contributed by atoms with Crippen LogP contribution in [0.4, 0.5) is 0 Å². The molecule has 1 aliphatic rings. The van der Waals surface area contributed by atoms with Gasteiger partial charge in [-0.05, 0) is 25.1 Å². The number of para-hydroxylation sites is 1. The molecule has 6 heteroatoms. The third-order valence-electron chi connectivity index (χ3n) is 3.63. The molecule has 1 atom stereocenters. The first-order valence-electron chi connectivity index (χ1n) is 7.14. The van der Waals surface area contributed by atoms with Crippen molar-refractivity contribution in [1.29, 1.82) is 5.26 Å². The van der Waals surface area contributed by atoms with E-state index in [1.54, 1.807) is 22.6 Å². The van der Waals surface area contributed by atoms with E-state index in [-0.39, 0.29) is 5.91 Å². The predicted molar refractivity (Wildman–Crippen MR) is 78.9 cm³/mol.